The highest BCUT2D eigenvalue weighted by atomic mass is 32.1. The molecule has 0 aliphatic rings. The highest BCUT2D eigenvalue weighted by Crippen LogP contribution is 2.11. The van der Waals surface area contributed by atoms with Crippen molar-refractivity contribution < 1.29 is 13.2 Å². The zero-order chi connectivity index (χ0) is 11.1. The molecule has 0 aliphatic heterocycles. The van der Waals surface area contributed by atoms with Gasteiger partial charge in [0.25, 0.3) is 0 Å². The van der Waals surface area contributed by atoms with Crippen molar-refractivity contribution >= 4 is 11.3 Å². The number of hydrogen-bond donors (Lipinski definition) is 2. The van der Waals surface area contributed by atoms with Crippen molar-refractivity contribution in [1.29, 1.82) is 0 Å². The molecule has 0 spiro atoms. The maximum atomic E-state index is 11.7. The average Bonchev–Trinajstić information content (AvgIpc) is 2.61. The molecule has 0 bridgehead atoms. The van der Waals surface area contributed by atoms with E-state index in [1.54, 1.807) is 5.51 Å². The number of nitrogens with zero attached hydrogens (tertiary/aromatic N) is 1. The van der Waals surface area contributed by atoms with Crippen LogP contribution in [0.15, 0.2) is 10.9 Å². The number of halogens is 3. The number of nitrogens with one attached hydrogen (secondary N) is 2. The molecule has 1 heterocycles. The number of alkyl halides is 3. The van der Waals surface area contributed by atoms with Crippen LogP contribution >= 0.6 is 11.3 Å². The van der Waals surface area contributed by atoms with E-state index in [-0.39, 0.29) is 0 Å². The number of aromatic nitrogens is 1. The van der Waals surface area contributed by atoms with Crippen molar-refractivity contribution in [3.05, 3.63) is 16.6 Å². The summed E-state index contributed by atoms with van der Waals surface area (Å²) >= 11 is 1.50. The summed E-state index contributed by atoms with van der Waals surface area (Å²) in [6.45, 7) is 0.444. The average molecular weight is 239 g/mol. The standard InChI is InChI=1S/C8H12F3N3S/c9-8(10,11)5-13-2-1-12-3-7-4-15-6-14-7/h4,6,12-13H,1-3,5H2. The van der Waals surface area contributed by atoms with Gasteiger partial charge in [0.05, 0.1) is 17.7 Å². The molecule has 2 N–H and O–H groups in total. The summed E-state index contributed by atoms with van der Waals surface area (Å²) in [5.74, 6) is 0. The molecule has 0 saturated carbocycles. The van der Waals surface area contributed by atoms with Gasteiger partial charge in [-0.15, -0.1) is 11.3 Å². The number of hydrogen-bond acceptors (Lipinski definition) is 4. The van der Waals surface area contributed by atoms with Gasteiger partial charge in [-0.3, -0.25) is 0 Å². The Kier molecular flexibility index (Phi) is 5.00. The van der Waals surface area contributed by atoms with Gasteiger partial charge in [0.2, 0.25) is 0 Å². The Morgan fingerprint density at radius 3 is 2.60 bits per heavy atom. The SMILES string of the molecule is FC(F)(F)CNCCNCc1cscn1. The summed E-state index contributed by atoms with van der Waals surface area (Å²) in [6, 6.07) is 0. The van der Waals surface area contributed by atoms with Crippen LogP contribution in [-0.4, -0.2) is 30.8 Å². The maximum Gasteiger partial charge on any atom is 0.401 e. The van der Waals surface area contributed by atoms with Crippen molar-refractivity contribution in [2.75, 3.05) is 19.6 Å². The molecule has 7 heteroatoms. The molecule has 0 fully saturated rings. The molecule has 3 nitrogen and oxygen atoms in total. The molecular weight excluding hydrogens is 227 g/mol. The normalized spacial score (nSPS) is 11.9. The van der Waals surface area contributed by atoms with Crippen LogP contribution in [0.25, 0.3) is 0 Å². The minimum atomic E-state index is -4.13. The fourth-order valence-electron chi connectivity index (χ4n) is 0.948. The first-order valence-corrected chi connectivity index (χ1v) is 5.37. The van der Waals surface area contributed by atoms with Gasteiger partial charge in [-0.1, -0.05) is 0 Å². The van der Waals surface area contributed by atoms with E-state index >= 15 is 0 Å². The van der Waals surface area contributed by atoms with E-state index in [2.05, 4.69) is 15.6 Å². The summed E-state index contributed by atoms with van der Waals surface area (Å²) in [7, 11) is 0. The molecule has 0 aliphatic carbocycles. The van der Waals surface area contributed by atoms with E-state index in [0.717, 1.165) is 5.69 Å². The van der Waals surface area contributed by atoms with Crippen LogP contribution in [0.1, 0.15) is 5.69 Å². The summed E-state index contributed by atoms with van der Waals surface area (Å²) in [4.78, 5) is 4.03. The second-order valence-corrected chi connectivity index (χ2v) is 3.67. The van der Waals surface area contributed by atoms with Crippen molar-refractivity contribution in [3.8, 4) is 0 Å². The Hall–Kier alpha value is -0.660. The van der Waals surface area contributed by atoms with Gasteiger partial charge in [-0.05, 0) is 0 Å². The molecule has 0 saturated heterocycles. The lowest BCUT2D eigenvalue weighted by Gasteiger charge is -2.08. The molecule has 0 aromatic carbocycles. The van der Waals surface area contributed by atoms with Gasteiger partial charge in [0.15, 0.2) is 0 Å². The van der Waals surface area contributed by atoms with E-state index in [1.807, 2.05) is 5.38 Å². The van der Waals surface area contributed by atoms with Gasteiger partial charge in [-0.25, -0.2) is 4.98 Å². The van der Waals surface area contributed by atoms with Crippen LogP contribution in [0.3, 0.4) is 0 Å². The highest BCUT2D eigenvalue weighted by molar-refractivity contribution is 7.07. The Balaban J connectivity index is 1.94. The fraction of sp³-hybridized carbons (Fsp3) is 0.625. The minimum absolute atomic E-state index is 0.295. The second kappa shape index (κ2) is 6.04. The summed E-state index contributed by atoms with van der Waals surface area (Å²) < 4.78 is 35.1. The van der Waals surface area contributed by atoms with Gasteiger partial charge in [0.1, 0.15) is 0 Å². The lowest BCUT2D eigenvalue weighted by atomic mass is 10.4. The fourth-order valence-corrected chi connectivity index (χ4v) is 1.51. The van der Waals surface area contributed by atoms with Crippen LogP contribution in [-0.2, 0) is 6.54 Å². The van der Waals surface area contributed by atoms with Crippen LogP contribution in [0, 0.1) is 0 Å². The van der Waals surface area contributed by atoms with Crippen LogP contribution < -0.4 is 10.6 Å². The third-order valence-corrected chi connectivity index (χ3v) is 2.23. The van der Waals surface area contributed by atoms with Crippen LogP contribution in [0.2, 0.25) is 0 Å². The first-order chi connectivity index (χ1) is 7.08. The van der Waals surface area contributed by atoms with E-state index in [9.17, 15) is 13.2 Å². The van der Waals surface area contributed by atoms with E-state index in [0.29, 0.717) is 19.6 Å². The van der Waals surface area contributed by atoms with Gasteiger partial charge in [-0.2, -0.15) is 13.2 Å². The van der Waals surface area contributed by atoms with Crippen molar-refractivity contribution in [1.82, 2.24) is 15.6 Å². The Morgan fingerprint density at radius 1 is 1.27 bits per heavy atom. The third-order valence-electron chi connectivity index (χ3n) is 1.59. The Bertz CT molecular complexity index is 261. The molecule has 15 heavy (non-hydrogen) atoms. The number of thiazole rings is 1. The van der Waals surface area contributed by atoms with Gasteiger partial charge < -0.3 is 10.6 Å². The zero-order valence-corrected chi connectivity index (χ0v) is 8.79. The monoisotopic (exact) mass is 239 g/mol. The number of rotatable bonds is 6. The predicted molar refractivity (Wildman–Crippen MR) is 52.7 cm³/mol. The predicted octanol–water partition coefficient (Wildman–Crippen LogP) is 1.38. The topological polar surface area (TPSA) is 37.0 Å². The third kappa shape index (κ3) is 6.43. The quantitative estimate of drug-likeness (QED) is 0.736. The molecule has 1 aromatic heterocycles. The first kappa shape index (κ1) is 12.4. The lowest BCUT2D eigenvalue weighted by Crippen LogP contribution is -2.34. The highest BCUT2D eigenvalue weighted by Gasteiger charge is 2.25. The second-order valence-electron chi connectivity index (χ2n) is 2.95. The van der Waals surface area contributed by atoms with E-state index in [4.69, 9.17) is 0 Å². The zero-order valence-electron chi connectivity index (χ0n) is 7.97. The summed E-state index contributed by atoms with van der Waals surface area (Å²) in [5, 5.41) is 7.19. The molecule has 0 atom stereocenters. The molecule has 0 unspecified atom stereocenters. The van der Waals surface area contributed by atoms with E-state index < -0.39 is 12.7 Å². The van der Waals surface area contributed by atoms with Crippen LogP contribution in [0.5, 0.6) is 0 Å². The molecular formula is C8H12F3N3S. The molecule has 1 rings (SSSR count). The Labute approximate surface area is 89.7 Å². The minimum Gasteiger partial charge on any atom is -0.310 e. The van der Waals surface area contributed by atoms with Crippen molar-refractivity contribution in [3.63, 3.8) is 0 Å². The van der Waals surface area contributed by atoms with Crippen molar-refractivity contribution in [2.45, 2.75) is 12.7 Å². The largest absolute Gasteiger partial charge is 0.401 e. The first-order valence-electron chi connectivity index (χ1n) is 4.43. The smallest absolute Gasteiger partial charge is 0.310 e. The Morgan fingerprint density at radius 2 is 2.00 bits per heavy atom. The maximum absolute atomic E-state index is 11.7. The molecule has 86 valence electrons. The van der Waals surface area contributed by atoms with Gasteiger partial charge >= 0.3 is 6.18 Å². The summed E-state index contributed by atoms with van der Waals surface area (Å²) in [5.41, 5.74) is 2.63. The molecule has 0 amide bonds. The lowest BCUT2D eigenvalue weighted by molar-refractivity contribution is -0.124. The van der Waals surface area contributed by atoms with Crippen LogP contribution in [0.4, 0.5) is 13.2 Å². The van der Waals surface area contributed by atoms with Crippen molar-refractivity contribution in [2.24, 2.45) is 0 Å². The van der Waals surface area contributed by atoms with Gasteiger partial charge in [0, 0.05) is 25.0 Å². The molecule has 0 radical (unpaired) electrons. The molecule has 1 aromatic rings. The summed E-state index contributed by atoms with van der Waals surface area (Å²) in [6.07, 6.45) is -4.13. The van der Waals surface area contributed by atoms with E-state index in [1.165, 1.54) is 11.3 Å².